The Morgan fingerprint density at radius 2 is 1.23 bits per heavy atom. The highest BCUT2D eigenvalue weighted by Gasteiger charge is 2.22. The molecule has 1 fully saturated rings. The predicted octanol–water partition coefficient (Wildman–Crippen LogP) is 9.26. The lowest BCUT2D eigenvalue weighted by atomic mass is 9.76. The second-order valence-corrected chi connectivity index (χ2v) is 9.74. The molecule has 0 saturated heterocycles. The van der Waals surface area contributed by atoms with Crippen LogP contribution in [0.5, 0.6) is 0 Å². The molecule has 1 aliphatic rings. The molecule has 1 aliphatic carbocycles. The fourth-order valence-electron chi connectivity index (χ4n) is 5.00. The van der Waals surface area contributed by atoms with E-state index in [2.05, 4.69) is 67.6 Å². The van der Waals surface area contributed by atoms with Crippen LogP contribution in [-0.2, 0) is 12.8 Å². The third-order valence-electron chi connectivity index (χ3n) is 7.09. The Kier molecular flexibility index (Phi) is 7.86. The predicted molar refractivity (Wildman–Crippen MR) is 135 cm³/mol. The van der Waals surface area contributed by atoms with Gasteiger partial charge in [0.1, 0.15) is 0 Å². The van der Waals surface area contributed by atoms with Crippen molar-refractivity contribution in [2.45, 2.75) is 70.6 Å². The first-order valence-corrected chi connectivity index (χ1v) is 12.5. The lowest BCUT2D eigenvalue weighted by molar-refractivity contribution is 0.310. The van der Waals surface area contributed by atoms with E-state index in [0.717, 1.165) is 16.9 Å². The summed E-state index contributed by atoms with van der Waals surface area (Å²) in [5.41, 5.74) is 7.02. The van der Waals surface area contributed by atoms with Gasteiger partial charge < -0.3 is 0 Å². The smallest absolute Gasteiger partial charge is 0.0406 e. The van der Waals surface area contributed by atoms with E-state index in [-0.39, 0.29) is 0 Å². The molecule has 31 heavy (non-hydrogen) atoms. The lowest BCUT2D eigenvalue weighted by Gasteiger charge is -2.29. The minimum atomic E-state index is 0.773. The van der Waals surface area contributed by atoms with Crippen LogP contribution in [0, 0.1) is 5.92 Å². The normalized spacial score (nSPS) is 18.8. The van der Waals surface area contributed by atoms with Crippen molar-refractivity contribution in [2.75, 3.05) is 0 Å². The number of hydrogen-bond acceptors (Lipinski definition) is 0. The number of halogens is 1. The Balaban J connectivity index is 1.23. The molecular formula is C30H35Cl. The summed E-state index contributed by atoms with van der Waals surface area (Å²) in [6, 6.07) is 26.7. The van der Waals surface area contributed by atoms with Gasteiger partial charge >= 0.3 is 0 Å². The Labute approximate surface area is 193 Å². The molecule has 0 atom stereocenters. The molecule has 3 aromatic carbocycles. The van der Waals surface area contributed by atoms with Crippen LogP contribution in [0.2, 0.25) is 5.02 Å². The summed E-state index contributed by atoms with van der Waals surface area (Å²) in [5.74, 6) is 1.66. The average Bonchev–Trinajstić information content (AvgIpc) is 2.83. The third-order valence-corrected chi connectivity index (χ3v) is 7.34. The monoisotopic (exact) mass is 430 g/mol. The summed E-state index contributed by atoms with van der Waals surface area (Å²) in [6.07, 6.45) is 11.8. The molecule has 0 amide bonds. The van der Waals surface area contributed by atoms with Gasteiger partial charge in [0.15, 0.2) is 0 Å². The Morgan fingerprint density at radius 3 is 1.84 bits per heavy atom. The molecule has 1 heteroatoms. The summed E-state index contributed by atoms with van der Waals surface area (Å²) in [4.78, 5) is 0. The van der Waals surface area contributed by atoms with Crippen LogP contribution < -0.4 is 0 Å². The van der Waals surface area contributed by atoms with E-state index in [9.17, 15) is 0 Å². The van der Waals surface area contributed by atoms with Crippen molar-refractivity contribution in [1.29, 1.82) is 0 Å². The van der Waals surface area contributed by atoms with Gasteiger partial charge in [-0.15, -0.1) is 0 Å². The Hall–Kier alpha value is -2.05. The van der Waals surface area contributed by atoms with E-state index in [0.29, 0.717) is 0 Å². The molecule has 0 bridgehead atoms. The molecule has 3 aromatic rings. The highest BCUT2D eigenvalue weighted by molar-refractivity contribution is 6.30. The molecule has 0 heterocycles. The summed E-state index contributed by atoms with van der Waals surface area (Å²) in [6.45, 7) is 2.27. The molecule has 4 rings (SSSR count). The molecule has 0 aromatic heterocycles. The number of benzene rings is 3. The molecule has 0 radical (unpaired) electrons. The van der Waals surface area contributed by atoms with Crippen LogP contribution in [0.1, 0.15) is 74.5 Å². The first-order valence-electron chi connectivity index (χ1n) is 12.1. The first-order chi connectivity index (χ1) is 15.2. The first kappa shape index (κ1) is 22.2. The van der Waals surface area contributed by atoms with E-state index in [1.165, 1.54) is 80.0 Å². The average molecular weight is 431 g/mol. The van der Waals surface area contributed by atoms with Gasteiger partial charge in [0.2, 0.25) is 0 Å². The molecular weight excluding hydrogens is 396 g/mol. The van der Waals surface area contributed by atoms with Gasteiger partial charge in [-0.05, 0) is 103 Å². The zero-order chi connectivity index (χ0) is 21.5. The largest absolute Gasteiger partial charge is 0.0843 e. The molecule has 0 N–H and O–H groups in total. The summed E-state index contributed by atoms with van der Waals surface area (Å²) in [7, 11) is 0. The summed E-state index contributed by atoms with van der Waals surface area (Å²) < 4.78 is 0. The van der Waals surface area contributed by atoms with Crippen LogP contribution in [0.4, 0.5) is 0 Å². The minimum Gasteiger partial charge on any atom is -0.0843 e. The van der Waals surface area contributed by atoms with Crippen molar-refractivity contribution in [1.82, 2.24) is 0 Å². The van der Waals surface area contributed by atoms with Crippen LogP contribution in [0.3, 0.4) is 0 Å². The topological polar surface area (TPSA) is 0 Å². The summed E-state index contributed by atoms with van der Waals surface area (Å²) in [5, 5.41) is 0.791. The van der Waals surface area contributed by atoms with Gasteiger partial charge in [-0.25, -0.2) is 0 Å². The number of unbranched alkanes of at least 4 members (excludes halogenated alkanes) is 1. The van der Waals surface area contributed by atoms with Crippen LogP contribution in [-0.4, -0.2) is 0 Å². The van der Waals surface area contributed by atoms with E-state index in [1.54, 1.807) is 5.56 Å². The van der Waals surface area contributed by atoms with Crippen molar-refractivity contribution >= 4 is 11.6 Å². The van der Waals surface area contributed by atoms with Gasteiger partial charge in [-0.2, -0.15) is 0 Å². The number of aryl methyl sites for hydroxylation is 2. The zero-order valence-corrected chi connectivity index (χ0v) is 19.6. The van der Waals surface area contributed by atoms with Gasteiger partial charge in [0.25, 0.3) is 0 Å². The van der Waals surface area contributed by atoms with Gasteiger partial charge in [0.05, 0.1) is 0 Å². The summed E-state index contributed by atoms with van der Waals surface area (Å²) >= 11 is 6.01. The maximum atomic E-state index is 6.01. The van der Waals surface area contributed by atoms with Gasteiger partial charge in [-0.1, -0.05) is 85.6 Å². The van der Waals surface area contributed by atoms with E-state index < -0.39 is 0 Å². The molecule has 162 valence electrons. The third kappa shape index (κ3) is 6.23. The van der Waals surface area contributed by atoms with Crippen LogP contribution in [0.15, 0.2) is 72.8 Å². The number of rotatable bonds is 8. The maximum Gasteiger partial charge on any atom is 0.0406 e. The van der Waals surface area contributed by atoms with Gasteiger partial charge in [0, 0.05) is 5.02 Å². The Bertz CT molecular complexity index is 914. The molecule has 0 unspecified atom stereocenters. The van der Waals surface area contributed by atoms with Crippen molar-refractivity contribution in [3.8, 4) is 11.1 Å². The second kappa shape index (κ2) is 11.0. The fraction of sp³-hybridized carbons (Fsp3) is 0.400. The second-order valence-electron chi connectivity index (χ2n) is 9.31. The highest BCUT2D eigenvalue weighted by Crippen LogP contribution is 2.37. The zero-order valence-electron chi connectivity index (χ0n) is 18.8. The fourth-order valence-corrected chi connectivity index (χ4v) is 5.12. The minimum absolute atomic E-state index is 0.773. The van der Waals surface area contributed by atoms with Crippen molar-refractivity contribution in [2.24, 2.45) is 5.92 Å². The van der Waals surface area contributed by atoms with Crippen LogP contribution in [0.25, 0.3) is 11.1 Å². The quantitative estimate of drug-likeness (QED) is 0.334. The number of hydrogen-bond donors (Lipinski definition) is 0. The van der Waals surface area contributed by atoms with Crippen molar-refractivity contribution < 1.29 is 0 Å². The van der Waals surface area contributed by atoms with E-state index >= 15 is 0 Å². The van der Waals surface area contributed by atoms with Crippen LogP contribution >= 0.6 is 11.6 Å². The highest BCUT2D eigenvalue weighted by atomic mass is 35.5. The maximum absolute atomic E-state index is 6.01. The van der Waals surface area contributed by atoms with Crippen molar-refractivity contribution in [3.63, 3.8) is 0 Å². The molecule has 0 aliphatic heterocycles. The molecule has 1 saturated carbocycles. The van der Waals surface area contributed by atoms with Crippen molar-refractivity contribution in [3.05, 3.63) is 94.5 Å². The van der Waals surface area contributed by atoms with Gasteiger partial charge in [-0.3, -0.25) is 0 Å². The standard InChI is InChI=1S/C30H35Cl/c1-2-3-4-23-7-13-26(14-8-23)27-15-9-24(10-16-27)5-6-25-11-17-28(18-12-25)29-19-21-30(31)22-20-29/h7-8,11-14,17-22,24,27H,2-6,9-10,15-16H2,1H3/t24-,27-. The van der Waals surface area contributed by atoms with E-state index in [1.807, 2.05) is 12.1 Å². The SMILES string of the molecule is CCCCc1ccc([C@H]2CC[C@H](CCc3ccc(-c4ccc(Cl)cc4)cc3)CC2)cc1. The lowest BCUT2D eigenvalue weighted by Crippen LogP contribution is -2.14. The molecule has 0 spiro atoms. The Morgan fingerprint density at radius 1 is 0.677 bits per heavy atom. The molecule has 0 nitrogen and oxygen atoms in total. The van der Waals surface area contributed by atoms with E-state index in [4.69, 9.17) is 11.6 Å².